The minimum absolute atomic E-state index is 0.0305. The van der Waals surface area contributed by atoms with Crippen molar-refractivity contribution in [1.29, 1.82) is 0 Å². The minimum Gasteiger partial charge on any atom is -0.491 e. The van der Waals surface area contributed by atoms with Crippen molar-refractivity contribution >= 4 is 11.4 Å². The zero-order valence-electron chi connectivity index (χ0n) is 12.1. The van der Waals surface area contributed by atoms with Crippen molar-refractivity contribution in [2.24, 2.45) is 0 Å². The number of hydrogen-bond acceptors (Lipinski definition) is 6. The molecule has 0 amide bonds. The van der Waals surface area contributed by atoms with Gasteiger partial charge in [0.15, 0.2) is 6.29 Å². The van der Waals surface area contributed by atoms with Crippen LogP contribution in [-0.4, -0.2) is 38.1 Å². The molecule has 112 valence electrons. The molecule has 0 radical (unpaired) electrons. The molecule has 1 rings (SSSR count). The second-order valence-corrected chi connectivity index (χ2v) is 4.42. The predicted molar refractivity (Wildman–Crippen MR) is 75.2 cm³/mol. The summed E-state index contributed by atoms with van der Waals surface area (Å²) in [6, 6.07) is 4.54. The summed E-state index contributed by atoms with van der Waals surface area (Å²) >= 11 is 0. The molecule has 0 unspecified atom stereocenters. The van der Waals surface area contributed by atoms with Gasteiger partial charge < -0.3 is 19.5 Å². The van der Waals surface area contributed by atoms with E-state index < -0.39 is 11.2 Å². The summed E-state index contributed by atoms with van der Waals surface area (Å²) in [7, 11) is 3.05. The SMILES string of the molecule is COC(CNc1cc(OC(C)C)cc([N+](=O)[O-])c1)OC. The Labute approximate surface area is 118 Å². The predicted octanol–water partition coefficient (Wildman–Crippen LogP) is 2.41. The monoisotopic (exact) mass is 284 g/mol. The molecular formula is C13H20N2O5. The number of ether oxygens (including phenoxy) is 3. The molecule has 1 aromatic carbocycles. The van der Waals surface area contributed by atoms with E-state index in [0.717, 1.165) is 0 Å². The van der Waals surface area contributed by atoms with Gasteiger partial charge in [-0.3, -0.25) is 10.1 Å². The second-order valence-electron chi connectivity index (χ2n) is 4.42. The number of nitro groups is 1. The van der Waals surface area contributed by atoms with Crippen molar-refractivity contribution in [2.75, 3.05) is 26.1 Å². The molecule has 0 fully saturated rings. The fourth-order valence-corrected chi connectivity index (χ4v) is 1.60. The van der Waals surface area contributed by atoms with Crippen LogP contribution in [0, 0.1) is 10.1 Å². The quantitative estimate of drug-likeness (QED) is 0.448. The van der Waals surface area contributed by atoms with Gasteiger partial charge in [-0.25, -0.2) is 0 Å². The molecule has 0 bridgehead atoms. The fourth-order valence-electron chi connectivity index (χ4n) is 1.60. The van der Waals surface area contributed by atoms with Crippen LogP contribution < -0.4 is 10.1 Å². The molecule has 0 spiro atoms. The number of rotatable bonds is 8. The van der Waals surface area contributed by atoms with Crippen molar-refractivity contribution in [3.63, 3.8) is 0 Å². The van der Waals surface area contributed by atoms with Crippen LogP contribution in [0.1, 0.15) is 13.8 Å². The number of nitrogens with zero attached hydrogens (tertiary/aromatic N) is 1. The van der Waals surface area contributed by atoms with E-state index in [1.165, 1.54) is 26.4 Å². The summed E-state index contributed by atoms with van der Waals surface area (Å²) in [5.74, 6) is 0.447. The van der Waals surface area contributed by atoms with Crippen LogP contribution in [0.5, 0.6) is 5.75 Å². The number of anilines is 1. The first kappa shape index (κ1) is 16.2. The first-order valence-corrected chi connectivity index (χ1v) is 6.22. The molecule has 7 heteroatoms. The van der Waals surface area contributed by atoms with Crippen molar-refractivity contribution in [1.82, 2.24) is 0 Å². The van der Waals surface area contributed by atoms with Gasteiger partial charge in [0.05, 0.1) is 23.6 Å². The number of nitro benzene ring substituents is 1. The Kier molecular flexibility index (Phi) is 6.20. The Bertz CT molecular complexity index is 446. The van der Waals surface area contributed by atoms with Gasteiger partial charge in [-0.15, -0.1) is 0 Å². The molecule has 1 N–H and O–H groups in total. The van der Waals surface area contributed by atoms with Gasteiger partial charge >= 0.3 is 0 Å². The fraction of sp³-hybridized carbons (Fsp3) is 0.538. The Hall–Kier alpha value is -1.86. The highest BCUT2D eigenvalue weighted by Crippen LogP contribution is 2.26. The molecule has 0 saturated carbocycles. The molecule has 0 atom stereocenters. The highest BCUT2D eigenvalue weighted by molar-refractivity contribution is 5.56. The molecule has 1 aromatic rings. The van der Waals surface area contributed by atoms with E-state index in [2.05, 4.69) is 5.32 Å². The third-order valence-electron chi connectivity index (χ3n) is 2.47. The van der Waals surface area contributed by atoms with Crippen molar-refractivity contribution < 1.29 is 19.1 Å². The average Bonchev–Trinajstić information content (AvgIpc) is 2.38. The van der Waals surface area contributed by atoms with Gasteiger partial charge in [-0.2, -0.15) is 0 Å². The topological polar surface area (TPSA) is 82.9 Å². The number of hydrogen-bond donors (Lipinski definition) is 1. The summed E-state index contributed by atoms with van der Waals surface area (Å²) in [6.07, 6.45) is -0.487. The van der Waals surface area contributed by atoms with Gasteiger partial charge in [0.1, 0.15) is 5.75 Å². The lowest BCUT2D eigenvalue weighted by Gasteiger charge is -2.16. The minimum atomic E-state index is -0.456. The van der Waals surface area contributed by atoms with Crippen LogP contribution in [0.4, 0.5) is 11.4 Å². The van der Waals surface area contributed by atoms with Crippen molar-refractivity contribution in [2.45, 2.75) is 26.2 Å². The van der Waals surface area contributed by atoms with E-state index in [1.54, 1.807) is 6.07 Å². The van der Waals surface area contributed by atoms with E-state index in [1.807, 2.05) is 13.8 Å². The first-order valence-electron chi connectivity index (χ1n) is 6.22. The maximum absolute atomic E-state index is 10.9. The van der Waals surface area contributed by atoms with Gasteiger partial charge in [0, 0.05) is 32.0 Å². The summed E-state index contributed by atoms with van der Waals surface area (Å²) in [5.41, 5.74) is 0.547. The molecule has 20 heavy (non-hydrogen) atoms. The molecule has 0 aliphatic rings. The van der Waals surface area contributed by atoms with E-state index in [0.29, 0.717) is 18.0 Å². The smallest absolute Gasteiger partial charge is 0.275 e. The molecule has 7 nitrogen and oxygen atoms in total. The van der Waals surface area contributed by atoms with E-state index in [-0.39, 0.29) is 11.8 Å². The maximum Gasteiger partial charge on any atom is 0.275 e. The Morgan fingerprint density at radius 2 is 1.90 bits per heavy atom. The van der Waals surface area contributed by atoms with E-state index in [9.17, 15) is 10.1 Å². The van der Waals surface area contributed by atoms with E-state index in [4.69, 9.17) is 14.2 Å². The van der Waals surface area contributed by atoms with Crippen LogP contribution in [0.25, 0.3) is 0 Å². The lowest BCUT2D eigenvalue weighted by molar-refractivity contribution is -0.384. The molecule has 0 saturated heterocycles. The standard InChI is InChI=1S/C13H20N2O5/c1-9(2)20-12-6-10(5-11(7-12)15(16)17)14-8-13(18-3)19-4/h5-7,9,13-14H,8H2,1-4H3. The number of benzene rings is 1. The highest BCUT2D eigenvalue weighted by atomic mass is 16.7. The van der Waals surface area contributed by atoms with Crippen LogP contribution >= 0.6 is 0 Å². The molecule has 0 aromatic heterocycles. The third kappa shape index (κ3) is 5.02. The van der Waals surface area contributed by atoms with E-state index >= 15 is 0 Å². The molecule has 0 aliphatic carbocycles. The number of methoxy groups -OCH3 is 2. The van der Waals surface area contributed by atoms with Gasteiger partial charge in [-0.1, -0.05) is 0 Å². The van der Waals surface area contributed by atoms with Gasteiger partial charge in [0.25, 0.3) is 5.69 Å². The number of non-ortho nitro benzene ring substituents is 1. The maximum atomic E-state index is 10.9. The summed E-state index contributed by atoms with van der Waals surface area (Å²) in [6.45, 7) is 4.09. The second kappa shape index (κ2) is 7.66. The Balaban J connectivity index is 2.88. The molecular weight excluding hydrogens is 264 g/mol. The summed E-state index contributed by atoms with van der Waals surface area (Å²) in [4.78, 5) is 10.5. The third-order valence-corrected chi connectivity index (χ3v) is 2.47. The van der Waals surface area contributed by atoms with Crippen LogP contribution in [0.2, 0.25) is 0 Å². The first-order chi connectivity index (χ1) is 9.46. The molecule has 0 aliphatic heterocycles. The lowest BCUT2D eigenvalue weighted by atomic mass is 10.2. The zero-order valence-corrected chi connectivity index (χ0v) is 12.1. The zero-order chi connectivity index (χ0) is 15.1. The largest absolute Gasteiger partial charge is 0.491 e. The van der Waals surface area contributed by atoms with Crippen LogP contribution in [0.15, 0.2) is 18.2 Å². The Morgan fingerprint density at radius 3 is 2.40 bits per heavy atom. The van der Waals surface area contributed by atoms with Gasteiger partial charge in [-0.05, 0) is 13.8 Å². The van der Waals surface area contributed by atoms with Crippen LogP contribution in [0.3, 0.4) is 0 Å². The van der Waals surface area contributed by atoms with Gasteiger partial charge in [0.2, 0.25) is 0 Å². The number of nitrogens with one attached hydrogen (secondary N) is 1. The highest BCUT2D eigenvalue weighted by Gasteiger charge is 2.12. The van der Waals surface area contributed by atoms with Crippen LogP contribution in [-0.2, 0) is 9.47 Å². The summed E-state index contributed by atoms with van der Waals surface area (Å²) < 4.78 is 15.6. The van der Waals surface area contributed by atoms with Crippen molar-refractivity contribution in [3.8, 4) is 5.75 Å². The molecule has 0 heterocycles. The normalized spacial score (nSPS) is 10.9. The average molecular weight is 284 g/mol. The Morgan fingerprint density at radius 1 is 1.25 bits per heavy atom. The lowest BCUT2D eigenvalue weighted by Crippen LogP contribution is -2.23. The summed E-state index contributed by atoms with van der Waals surface area (Å²) in [5, 5.41) is 13.9. The van der Waals surface area contributed by atoms with Crippen molar-refractivity contribution in [3.05, 3.63) is 28.3 Å².